The van der Waals surface area contributed by atoms with Crippen LogP contribution in [0.15, 0.2) is 48.1 Å². The summed E-state index contributed by atoms with van der Waals surface area (Å²) in [5.74, 6) is -3.67. The van der Waals surface area contributed by atoms with Gasteiger partial charge in [0.1, 0.15) is 11.4 Å². The molecule has 2 amide bonds. The average Bonchev–Trinajstić information content (AvgIpc) is 3.36. The fourth-order valence-electron chi connectivity index (χ4n) is 3.13. The molecule has 0 fully saturated rings. The minimum atomic E-state index is -4.81. The Morgan fingerprint density at radius 2 is 1.95 bits per heavy atom. The summed E-state index contributed by atoms with van der Waals surface area (Å²) in [6.07, 6.45) is 0.350. The molecule has 196 valence electrons. The zero-order valence-corrected chi connectivity index (χ0v) is 20.7. The second-order valence-electron chi connectivity index (χ2n) is 7.58. The van der Waals surface area contributed by atoms with Crippen LogP contribution in [0, 0.1) is 0 Å². The Bertz CT molecular complexity index is 1250. The molecule has 0 spiro atoms. The number of nitrogens with one attached hydrogen (secondary N) is 1. The Balaban J connectivity index is 1.97. The van der Waals surface area contributed by atoms with Gasteiger partial charge in [-0.25, -0.2) is 14.7 Å². The first-order chi connectivity index (χ1) is 17.7. The van der Waals surface area contributed by atoms with Crippen LogP contribution in [0.2, 0.25) is 0 Å². The number of thiazole rings is 1. The van der Waals surface area contributed by atoms with Crippen LogP contribution in [0.5, 0.6) is 5.75 Å². The summed E-state index contributed by atoms with van der Waals surface area (Å²) in [5, 5.41) is 3.65. The van der Waals surface area contributed by atoms with Gasteiger partial charge in [-0.2, -0.15) is 13.2 Å². The lowest BCUT2D eigenvalue weighted by Crippen LogP contribution is -2.34. The van der Waals surface area contributed by atoms with E-state index in [0.29, 0.717) is 23.1 Å². The highest BCUT2D eigenvalue weighted by Gasteiger charge is 2.37. The van der Waals surface area contributed by atoms with Crippen LogP contribution >= 0.6 is 11.3 Å². The van der Waals surface area contributed by atoms with Crippen molar-refractivity contribution < 1.29 is 37.0 Å². The summed E-state index contributed by atoms with van der Waals surface area (Å²) in [6, 6.07) is 6.16. The molecule has 0 radical (unpaired) electrons. The topological polar surface area (TPSA) is 111 Å². The summed E-state index contributed by atoms with van der Waals surface area (Å²) in [5.41, 5.74) is -1.18. The second-order valence-corrected chi connectivity index (χ2v) is 8.41. The fraction of sp³-hybridized carbons (Fsp3) is 0.292. The first-order valence-electron chi connectivity index (χ1n) is 11.1. The number of halogens is 3. The number of ether oxygens (including phenoxy) is 2. The maximum Gasteiger partial charge on any atom is 0.420 e. The van der Waals surface area contributed by atoms with Gasteiger partial charge >= 0.3 is 18.1 Å². The van der Waals surface area contributed by atoms with Crippen LogP contribution in [-0.2, 0) is 20.5 Å². The van der Waals surface area contributed by atoms with Crippen molar-refractivity contribution in [1.82, 2.24) is 9.97 Å². The van der Waals surface area contributed by atoms with E-state index in [1.165, 1.54) is 23.8 Å². The number of hydrogen-bond donors (Lipinski definition) is 1. The van der Waals surface area contributed by atoms with E-state index < -0.39 is 35.3 Å². The molecule has 2 aromatic heterocycles. The molecular weight excluding hydrogens is 513 g/mol. The number of pyridine rings is 1. The monoisotopic (exact) mass is 536 g/mol. The number of carbonyl (C=O) groups is 3. The third-order valence-electron chi connectivity index (χ3n) is 4.93. The first kappa shape index (κ1) is 27.6. The number of unbranched alkanes of at least 4 members (excludes halogenated alkanes) is 2. The van der Waals surface area contributed by atoms with E-state index in [4.69, 9.17) is 4.74 Å². The van der Waals surface area contributed by atoms with Gasteiger partial charge < -0.3 is 14.8 Å². The molecule has 2 heterocycles. The minimum absolute atomic E-state index is 0.0863. The van der Waals surface area contributed by atoms with E-state index in [9.17, 15) is 27.6 Å². The maximum atomic E-state index is 13.9. The van der Waals surface area contributed by atoms with Gasteiger partial charge in [0.25, 0.3) is 5.91 Å². The van der Waals surface area contributed by atoms with Gasteiger partial charge in [0.2, 0.25) is 0 Å². The minimum Gasteiger partial charge on any atom is -0.493 e. The van der Waals surface area contributed by atoms with E-state index in [2.05, 4.69) is 20.0 Å². The molecule has 13 heteroatoms. The predicted octanol–water partition coefficient (Wildman–Crippen LogP) is 5.22. The van der Waals surface area contributed by atoms with Crippen molar-refractivity contribution in [2.45, 2.75) is 32.4 Å². The Kier molecular flexibility index (Phi) is 9.17. The zero-order valence-electron chi connectivity index (χ0n) is 19.9. The molecule has 9 nitrogen and oxygen atoms in total. The van der Waals surface area contributed by atoms with Gasteiger partial charge in [0.15, 0.2) is 5.13 Å². The molecule has 0 atom stereocenters. The Hall–Kier alpha value is -4.00. The molecular formula is C24H23F3N4O5S. The molecule has 0 aliphatic rings. The molecule has 1 N–H and O–H groups in total. The normalized spacial score (nSPS) is 11.1. The summed E-state index contributed by atoms with van der Waals surface area (Å²) in [4.78, 5) is 46.1. The third kappa shape index (κ3) is 7.03. The van der Waals surface area contributed by atoms with Gasteiger partial charge in [-0.1, -0.05) is 19.8 Å². The lowest BCUT2D eigenvalue weighted by molar-refractivity contribution is -0.151. The number of esters is 1. The van der Waals surface area contributed by atoms with Gasteiger partial charge in [-0.3, -0.25) is 14.6 Å². The van der Waals surface area contributed by atoms with Crippen molar-refractivity contribution >= 4 is 45.6 Å². The smallest absolute Gasteiger partial charge is 0.420 e. The first-order valence-corrected chi connectivity index (χ1v) is 12.0. The molecule has 1 aromatic carbocycles. The Labute approximate surface area is 214 Å². The van der Waals surface area contributed by atoms with Gasteiger partial charge in [-0.05, 0) is 36.8 Å². The van der Waals surface area contributed by atoms with Crippen molar-refractivity contribution in [3.05, 3.63) is 59.4 Å². The molecule has 0 unspecified atom stereocenters. The van der Waals surface area contributed by atoms with Crippen LogP contribution in [0.3, 0.4) is 0 Å². The highest BCUT2D eigenvalue weighted by atomic mass is 32.1. The van der Waals surface area contributed by atoms with E-state index in [-0.39, 0.29) is 23.1 Å². The summed E-state index contributed by atoms with van der Waals surface area (Å²) in [6.45, 7) is 2.04. The molecule has 0 bridgehead atoms. The Morgan fingerprint density at radius 3 is 2.59 bits per heavy atom. The molecule has 37 heavy (non-hydrogen) atoms. The average molecular weight is 537 g/mol. The van der Waals surface area contributed by atoms with Crippen molar-refractivity contribution in [2.24, 2.45) is 0 Å². The van der Waals surface area contributed by atoms with Crippen molar-refractivity contribution in [3.63, 3.8) is 0 Å². The van der Waals surface area contributed by atoms with Gasteiger partial charge in [0.05, 0.1) is 36.9 Å². The zero-order chi connectivity index (χ0) is 27.0. The number of rotatable bonds is 9. The number of amides is 2. The van der Waals surface area contributed by atoms with Crippen LogP contribution in [-0.4, -0.2) is 41.5 Å². The molecule has 0 saturated heterocycles. The van der Waals surface area contributed by atoms with Gasteiger partial charge in [0, 0.05) is 11.6 Å². The molecule has 3 rings (SSSR count). The lowest BCUT2D eigenvalue weighted by Gasteiger charge is -2.21. The van der Waals surface area contributed by atoms with E-state index in [1.807, 2.05) is 6.92 Å². The summed E-state index contributed by atoms with van der Waals surface area (Å²) in [7, 11) is 0.960. The number of carbonyl (C=O) groups excluding carboxylic acids is 3. The number of anilines is 3. The van der Waals surface area contributed by atoms with E-state index in [1.54, 1.807) is 12.1 Å². The summed E-state index contributed by atoms with van der Waals surface area (Å²) < 4.78 is 51.4. The van der Waals surface area contributed by atoms with Crippen molar-refractivity contribution in [1.29, 1.82) is 0 Å². The molecule has 0 aliphatic heterocycles. The fourth-order valence-corrected chi connectivity index (χ4v) is 3.96. The highest BCUT2D eigenvalue weighted by Crippen LogP contribution is 2.40. The SMILES string of the molecule is CCCCCOc1ccc(N(C(=O)C(=O)OC)c2nc(C(=O)Nc3cccnc3)cs2)cc1C(F)(F)F. The maximum absolute atomic E-state index is 13.9. The quantitative estimate of drug-likeness (QED) is 0.227. The van der Waals surface area contributed by atoms with E-state index >= 15 is 0 Å². The standard InChI is InChI=1S/C24H23F3N4O5S/c1-3-4-5-11-36-19-9-8-16(12-17(19)24(25,26)27)31(21(33)22(34)35-2)23-30-18(14-37-23)20(32)29-15-7-6-10-28-13-15/h6-10,12-14H,3-5,11H2,1-2H3,(H,29,32). The van der Waals surface area contributed by atoms with Crippen molar-refractivity contribution in [2.75, 3.05) is 23.9 Å². The number of benzene rings is 1. The van der Waals surface area contributed by atoms with Gasteiger partial charge in [-0.15, -0.1) is 11.3 Å². The number of hydrogen-bond acceptors (Lipinski definition) is 8. The van der Waals surface area contributed by atoms with Crippen LogP contribution in [0.1, 0.15) is 42.2 Å². The highest BCUT2D eigenvalue weighted by molar-refractivity contribution is 7.14. The summed E-state index contributed by atoms with van der Waals surface area (Å²) >= 11 is 0.782. The van der Waals surface area contributed by atoms with Crippen LogP contribution in [0.4, 0.5) is 29.7 Å². The largest absolute Gasteiger partial charge is 0.493 e. The van der Waals surface area contributed by atoms with Crippen LogP contribution < -0.4 is 15.0 Å². The second kappa shape index (κ2) is 12.3. The lowest BCUT2D eigenvalue weighted by atomic mass is 10.1. The van der Waals surface area contributed by atoms with Crippen molar-refractivity contribution in [3.8, 4) is 5.75 Å². The predicted molar refractivity (Wildman–Crippen MR) is 130 cm³/mol. The Morgan fingerprint density at radius 1 is 1.16 bits per heavy atom. The van der Waals surface area contributed by atoms with Crippen LogP contribution in [0.25, 0.3) is 0 Å². The third-order valence-corrected chi connectivity index (χ3v) is 5.76. The molecule has 0 aliphatic carbocycles. The number of nitrogens with zero attached hydrogens (tertiary/aromatic N) is 3. The molecule has 3 aromatic rings. The van der Waals surface area contributed by atoms with E-state index in [0.717, 1.165) is 37.4 Å². The molecule has 0 saturated carbocycles. The number of aromatic nitrogens is 2. The number of methoxy groups -OCH3 is 1. The number of alkyl halides is 3.